The Kier molecular flexibility index (Phi) is 5.74. The van der Waals surface area contributed by atoms with Crippen LogP contribution in [0.5, 0.6) is 0 Å². The van der Waals surface area contributed by atoms with Crippen molar-refractivity contribution >= 4 is 28.2 Å². The zero-order valence-electron chi connectivity index (χ0n) is 14.5. The average Bonchev–Trinajstić information content (AvgIpc) is 2.53. The summed E-state index contributed by atoms with van der Waals surface area (Å²) in [7, 11) is 0.708. The summed E-state index contributed by atoms with van der Waals surface area (Å²) in [5, 5.41) is 0. The zero-order chi connectivity index (χ0) is 16.2. The summed E-state index contributed by atoms with van der Waals surface area (Å²) in [6.45, 7) is 6.93. The first kappa shape index (κ1) is 17.6. The molecular weight excluding hydrogens is 279 g/mol. The maximum atomic E-state index is 6.31. The minimum atomic E-state index is -0.332. The van der Waals surface area contributed by atoms with E-state index in [2.05, 4.69) is 99.1 Å². The molecule has 0 saturated heterocycles. The number of benzene rings is 2. The van der Waals surface area contributed by atoms with Crippen LogP contribution in [0.4, 0.5) is 0 Å². The minimum absolute atomic E-state index is 0.259. The Morgan fingerprint density at radius 2 is 1.32 bits per heavy atom. The summed E-state index contributed by atoms with van der Waals surface area (Å²) in [6, 6.07) is 21.3. The second-order valence-electron chi connectivity index (χ2n) is 7.23. The molecule has 0 heterocycles. The van der Waals surface area contributed by atoms with E-state index in [0.29, 0.717) is 15.1 Å². The number of rotatable bonds is 5. The summed E-state index contributed by atoms with van der Waals surface area (Å²) in [5.74, 6) is 0. The topological polar surface area (TPSA) is 9.23 Å². The molecule has 0 aromatic heterocycles. The molecule has 0 N–H and O–H groups in total. The molecule has 2 aromatic rings. The fourth-order valence-corrected chi connectivity index (χ4v) is 3.51. The molecule has 0 aliphatic heterocycles. The number of hydrogen-bond acceptors (Lipinski definition) is 1. The molecule has 0 aliphatic carbocycles. The van der Waals surface area contributed by atoms with Gasteiger partial charge in [0.1, 0.15) is 0 Å². The van der Waals surface area contributed by atoms with Gasteiger partial charge in [0.2, 0.25) is 0 Å². The summed E-state index contributed by atoms with van der Waals surface area (Å²) in [4.78, 5) is 0. The van der Waals surface area contributed by atoms with Crippen LogP contribution in [0.1, 0.15) is 38.3 Å². The molecule has 1 nitrogen and oxygen atoms in total. The second-order valence-corrected chi connectivity index (χ2v) is 7.64. The van der Waals surface area contributed by atoms with Gasteiger partial charge >= 0.3 is 147 Å². The van der Waals surface area contributed by atoms with Gasteiger partial charge < -0.3 is 0 Å². The number of hydrogen-bond donors (Lipinski definition) is 0. The first-order chi connectivity index (χ1) is 10.4. The van der Waals surface area contributed by atoms with E-state index in [9.17, 15) is 0 Å². The Balaban J connectivity index is 2.53. The molecule has 112 valence electrons. The summed E-state index contributed by atoms with van der Waals surface area (Å²) >= 11 is 2.33. The molecule has 0 amide bonds. The molecule has 0 bridgehead atoms. The summed E-state index contributed by atoms with van der Waals surface area (Å²) in [5.41, 5.74) is 2.44. The Hall–Kier alpha value is -0.786. The van der Waals surface area contributed by atoms with Crippen molar-refractivity contribution in [3.8, 4) is 0 Å². The Morgan fingerprint density at radius 1 is 0.909 bits per heavy atom. The van der Waals surface area contributed by atoms with Crippen molar-refractivity contribution in [3.63, 3.8) is 0 Å². The predicted molar refractivity (Wildman–Crippen MR) is 98.3 cm³/mol. The third-order valence-electron chi connectivity index (χ3n) is 4.90. The van der Waals surface area contributed by atoms with Crippen LogP contribution in [0.2, 0.25) is 4.59 Å². The van der Waals surface area contributed by atoms with Crippen LogP contribution in [0, 0.1) is 5.41 Å². The van der Waals surface area contributed by atoms with Gasteiger partial charge in [-0.3, -0.25) is 0 Å². The molecule has 1 atom stereocenters. The normalized spacial score (nSPS) is 14.0. The first-order valence-corrected chi connectivity index (χ1v) is 8.88. The maximum absolute atomic E-state index is 6.31. The second kappa shape index (κ2) is 7.19. The van der Waals surface area contributed by atoms with E-state index in [1.54, 1.807) is 0 Å². The van der Waals surface area contributed by atoms with Gasteiger partial charge in [-0.25, -0.2) is 0 Å². The third-order valence-corrected chi connectivity index (χ3v) is 5.60. The van der Waals surface area contributed by atoms with Gasteiger partial charge in [-0.1, -0.05) is 0 Å². The molecule has 0 fully saturated rings. The van der Waals surface area contributed by atoms with Gasteiger partial charge in [-0.15, -0.1) is 0 Å². The molecule has 22 heavy (non-hydrogen) atoms. The molecule has 0 aliphatic rings. The fourth-order valence-electron chi connectivity index (χ4n) is 2.87. The molecular formula is C19H25LiOSi. The Bertz CT molecular complexity index is 538. The van der Waals surface area contributed by atoms with E-state index < -0.39 is 0 Å². The molecule has 2 rings (SSSR count). The van der Waals surface area contributed by atoms with Gasteiger partial charge in [0, 0.05) is 0 Å². The first-order valence-electron chi connectivity index (χ1n) is 8.06. The van der Waals surface area contributed by atoms with Crippen LogP contribution < -0.4 is 0 Å². The van der Waals surface area contributed by atoms with E-state index in [-0.39, 0.29) is 11.0 Å². The zero-order valence-corrected chi connectivity index (χ0v) is 16.5. The van der Waals surface area contributed by atoms with Gasteiger partial charge in [0.05, 0.1) is 0 Å². The van der Waals surface area contributed by atoms with E-state index in [4.69, 9.17) is 4.43 Å². The monoisotopic (exact) mass is 304 g/mol. The van der Waals surface area contributed by atoms with Crippen molar-refractivity contribution in [3.05, 3.63) is 71.8 Å². The van der Waals surface area contributed by atoms with Crippen molar-refractivity contribution < 1.29 is 4.43 Å². The standard InChI is InChI=1S/C19H25OSi.Li/c1-18(2,3)14-15-19(20-21,16-10-6-4-7-11-16)17-12-8-5-9-13-17;/h4-14H,15H2,1-3,21H3;. The average molecular weight is 304 g/mol. The van der Waals surface area contributed by atoms with Gasteiger partial charge in [0.15, 0.2) is 0 Å². The summed E-state index contributed by atoms with van der Waals surface area (Å²) in [6.07, 6.45) is 0.994. The van der Waals surface area contributed by atoms with Crippen molar-refractivity contribution in [1.82, 2.24) is 0 Å². The van der Waals surface area contributed by atoms with Crippen LogP contribution in [0.3, 0.4) is 0 Å². The van der Waals surface area contributed by atoms with E-state index in [0.717, 1.165) is 6.42 Å². The quantitative estimate of drug-likeness (QED) is 0.767. The van der Waals surface area contributed by atoms with Gasteiger partial charge in [0.25, 0.3) is 0 Å². The fraction of sp³-hybridized carbons (Fsp3) is 0.368. The van der Waals surface area contributed by atoms with Crippen molar-refractivity contribution in [1.29, 1.82) is 0 Å². The van der Waals surface area contributed by atoms with Crippen molar-refractivity contribution in [2.75, 3.05) is 0 Å². The van der Waals surface area contributed by atoms with E-state index in [1.807, 2.05) is 0 Å². The SMILES string of the molecule is [Li][CH](CC(O[SiH3])(c1ccccc1)c1ccccc1)C(C)(C)C. The Morgan fingerprint density at radius 3 is 1.64 bits per heavy atom. The molecule has 0 spiro atoms. The molecule has 1 unspecified atom stereocenters. The van der Waals surface area contributed by atoms with Crippen molar-refractivity contribution in [2.24, 2.45) is 5.41 Å². The van der Waals surface area contributed by atoms with E-state index in [1.165, 1.54) is 11.1 Å². The molecule has 0 radical (unpaired) electrons. The molecule has 3 heteroatoms. The van der Waals surface area contributed by atoms with Crippen LogP contribution in [0.15, 0.2) is 60.7 Å². The van der Waals surface area contributed by atoms with Gasteiger partial charge in [-0.05, 0) is 0 Å². The van der Waals surface area contributed by atoms with Crippen LogP contribution in [-0.4, -0.2) is 28.2 Å². The van der Waals surface area contributed by atoms with Crippen LogP contribution in [-0.2, 0) is 10.0 Å². The van der Waals surface area contributed by atoms with Crippen molar-refractivity contribution in [2.45, 2.75) is 37.4 Å². The van der Waals surface area contributed by atoms with Crippen LogP contribution >= 0.6 is 0 Å². The predicted octanol–water partition coefficient (Wildman–Crippen LogP) is 3.62. The Labute approximate surface area is 147 Å². The summed E-state index contributed by atoms with van der Waals surface area (Å²) < 4.78 is 6.86. The van der Waals surface area contributed by atoms with E-state index >= 15 is 0 Å². The molecule has 0 saturated carbocycles. The van der Waals surface area contributed by atoms with Gasteiger partial charge in [-0.2, -0.15) is 0 Å². The molecule has 2 aromatic carbocycles. The third kappa shape index (κ3) is 3.75. The van der Waals surface area contributed by atoms with Crippen LogP contribution in [0.25, 0.3) is 0 Å².